The van der Waals surface area contributed by atoms with Gasteiger partial charge >= 0.3 is 12.0 Å². The zero-order valence-electron chi connectivity index (χ0n) is 10.8. The Kier molecular flexibility index (Phi) is 4.37. The van der Waals surface area contributed by atoms with Crippen LogP contribution in [0.1, 0.15) is 40.0 Å². The Labute approximate surface area is 102 Å². The second-order valence-corrected chi connectivity index (χ2v) is 5.27. The average Bonchev–Trinajstić information content (AvgIpc) is 2.26. The minimum atomic E-state index is -1.06. The highest BCUT2D eigenvalue weighted by Gasteiger charge is 2.43. The number of aliphatic carboxylic acids is 1. The van der Waals surface area contributed by atoms with Gasteiger partial charge in [0.1, 0.15) is 5.54 Å². The summed E-state index contributed by atoms with van der Waals surface area (Å²) in [6.45, 7) is 6.74. The number of hydrogen-bond acceptors (Lipinski definition) is 2. The molecule has 0 aromatic rings. The molecule has 0 bridgehead atoms. The Morgan fingerprint density at radius 1 is 1.41 bits per heavy atom. The highest BCUT2D eigenvalue weighted by atomic mass is 16.4. The maximum Gasteiger partial charge on any atom is 0.329 e. The lowest BCUT2D eigenvalue weighted by molar-refractivity contribution is -0.150. The van der Waals surface area contributed by atoms with E-state index in [4.69, 9.17) is 0 Å². The van der Waals surface area contributed by atoms with Crippen LogP contribution in [0.3, 0.4) is 0 Å². The van der Waals surface area contributed by atoms with Crippen molar-refractivity contribution >= 4 is 12.0 Å². The van der Waals surface area contributed by atoms with Gasteiger partial charge in [0, 0.05) is 13.1 Å². The molecule has 5 heteroatoms. The van der Waals surface area contributed by atoms with Crippen LogP contribution in [0.2, 0.25) is 0 Å². The Balaban J connectivity index is 2.71. The van der Waals surface area contributed by atoms with Gasteiger partial charge in [-0.15, -0.1) is 0 Å². The molecule has 0 aliphatic carbocycles. The van der Waals surface area contributed by atoms with Gasteiger partial charge in [0.2, 0.25) is 0 Å². The third kappa shape index (κ3) is 3.11. The van der Waals surface area contributed by atoms with Crippen molar-refractivity contribution in [2.24, 2.45) is 5.92 Å². The number of amides is 2. The minimum absolute atomic E-state index is 0.261. The normalized spacial score (nSPS) is 24.8. The van der Waals surface area contributed by atoms with Crippen molar-refractivity contribution in [1.82, 2.24) is 10.2 Å². The number of carboxylic acid groups (broad SMARTS) is 1. The summed E-state index contributed by atoms with van der Waals surface area (Å²) in [5.41, 5.74) is -1.06. The summed E-state index contributed by atoms with van der Waals surface area (Å²) in [6.07, 6.45) is 2.26. The number of piperidine rings is 1. The van der Waals surface area contributed by atoms with Crippen molar-refractivity contribution in [2.45, 2.75) is 45.6 Å². The second kappa shape index (κ2) is 5.38. The molecule has 2 amide bonds. The maximum absolute atomic E-state index is 12.0. The molecule has 2 N–H and O–H groups in total. The van der Waals surface area contributed by atoms with Gasteiger partial charge in [-0.1, -0.05) is 13.8 Å². The standard InChI is InChI=1S/C12H22N2O3/c1-9(2)8-13-11(17)14-7-5-4-6-12(14,3)10(15)16/h9H,4-8H2,1-3H3,(H,13,17)(H,15,16). The van der Waals surface area contributed by atoms with Crippen LogP contribution in [0.4, 0.5) is 4.79 Å². The van der Waals surface area contributed by atoms with E-state index in [-0.39, 0.29) is 6.03 Å². The molecule has 1 aliphatic heterocycles. The molecule has 1 saturated heterocycles. The summed E-state index contributed by atoms with van der Waals surface area (Å²) >= 11 is 0. The van der Waals surface area contributed by atoms with Crippen molar-refractivity contribution in [1.29, 1.82) is 0 Å². The topological polar surface area (TPSA) is 69.6 Å². The summed E-state index contributed by atoms with van der Waals surface area (Å²) in [5, 5.41) is 12.1. The van der Waals surface area contributed by atoms with E-state index in [0.717, 1.165) is 12.8 Å². The third-order valence-corrected chi connectivity index (χ3v) is 3.26. The average molecular weight is 242 g/mol. The maximum atomic E-state index is 12.0. The minimum Gasteiger partial charge on any atom is -0.480 e. The largest absolute Gasteiger partial charge is 0.480 e. The quantitative estimate of drug-likeness (QED) is 0.791. The molecule has 1 unspecified atom stereocenters. The molecule has 0 saturated carbocycles. The molecule has 1 aliphatic rings. The first-order valence-corrected chi connectivity index (χ1v) is 6.17. The first kappa shape index (κ1) is 13.8. The lowest BCUT2D eigenvalue weighted by Gasteiger charge is -2.41. The van der Waals surface area contributed by atoms with Gasteiger partial charge in [0.15, 0.2) is 0 Å². The predicted molar refractivity (Wildman–Crippen MR) is 64.8 cm³/mol. The molecule has 0 aromatic heterocycles. The van der Waals surface area contributed by atoms with Crippen LogP contribution in [0.5, 0.6) is 0 Å². The van der Waals surface area contributed by atoms with Crippen LogP contribution in [0.25, 0.3) is 0 Å². The number of nitrogens with one attached hydrogen (secondary N) is 1. The molecule has 0 spiro atoms. The number of rotatable bonds is 3. The number of hydrogen-bond donors (Lipinski definition) is 2. The van der Waals surface area contributed by atoms with Crippen LogP contribution in [0.15, 0.2) is 0 Å². The Morgan fingerprint density at radius 3 is 2.59 bits per heavy atom. The molecule has 1 atom stereocenters. The molecule has 0 radical (unpaired) electrons. The SMILES string of the molecule is CC(C)CNC(=O)N1CCCCC1(C)C(=O)O. The number of nitrogens with zero attached hydrogens (tertiary/aromatic N) is 1. The molecule has 1 heterocycles. The fourth-order valence-corrected chi connectivity index (χ4v) is 2.06. The van der Waals surface area contributed by atoms with E-state index >= 15 is 0 Å². The number of carbonyl (C=O) groups excluding carboxylic acids is 1. The zero-order chi connectivity index (χ0) is 13.1. The van der Waals surface area contributed by atoms with Gasteiger partial charge in [-0.25, -0.2) is 9.59 Å². The number of carbonyl (C=O) groups is 2. The molecule has 98 valence electrons. The fourth-order valence-electron chi connectivity index (χ4n) is 2.06. The number of carboxylic acids is 1. The van der Waals surface area contributed by atoms with Gasteiger partial charge in [0.05, 0.1) is 0 Å². The van der Waals surface area contributed by atoms with Crippen molar-refractivity contribution in [3.05, 3.63) is 0 Å². The van der Waals surface area contributed by atoms with E-state index in [0.29, 0.717) is 25.4 Å². The molecular formula is C12H22N2O3. The van der Waals surface area contributed by atoms with E-state index in [2.05, 4.69) is 5.32 Å². The van der Waals surface area contributed by atoms with Crippen molar-refractivity contribution in [2.75, 3.05) is 13.1 Å². The summed E-state index contributed by atoms with van der Waals surface area (Å²) in [6, 6.07) is -0.261. The van der Waals surface area contributed by atoms with Crippen molar-refractivity contribution < 1.29 is 14.7 Å². The Hall–Kier alpha value is -1.26. The first-order chi connectivity index (χ1) is 7.88. The van der Waals surface area contributed by atoms with Gasteiger partial charge in [-0.2, -0.15) is 0 Å². The van der Waals surface area contributed by atoms with Crippen LogP contribution >= 0.6 is 0 Å². The van der Waals surface area contributed by atoms with Gasteiger partial charge < -0.3 is 15.3 Å². The van der Waals surface area contributed by atoms with Gasteiger partial charge in [-0.3, -0.25) is 0 Å². The molecular weight excluding hydrogens is 220 g/mol. The summed E-state index contributed by atoms with van der Waals surface area (Å²) in [4.78, 5) is 24.7. The number of urea groups is 1. The van der Waals surface area contributed by atoms with Crippen molar-refractivity contribution in [3.8, 4) is 0 Å². The van der Waals surface area contributed by atoms with E-state index in [1.165, 1.54) is 4.90 Å². The highest BCUT2D eigenvalue weighted by Crippen LogP contribution is 2.28. The molecule has 1 fully saturated rings. The zero-order valence-corrected chi connectivity index (χ0v) is 10.8. The van der Waals surface area contributed by atoms with Gasteiger partial charge in [-0.05, 0) is 32.1 Å². The molecule has 0 aromatic carbocycles. The van der Waals surface area contributed by atoms with E-state index in [9.17, 15) is 14.7 Å². The Bertz CT molecular complexity index is 304. The molecule has 17 heavy (non-hydrogen) atoms. The summed E-state index contributed by atoms with van der Waals surface area (Å²) in [7, 11) is 0. The Morgan fingerprint density at radius 2 is 2.06 bits per heavy atom. The molecule has 1 rings (SSSR count). The first-order valence-electron chi connectivity index (χ1n) is 6.17. The highest BCUT2D eigenvalue weighted by molar-refractivity contribution is 5.86. The summed E-state index contributed by atoms with van der Waals surface area (Å²) in [5.74, 6) is -0.559. The molecule has 5 nitrogen and oxygen atoms in total. The van der Waals surface area contributed by atoms with Crippen LogP contribution < -0.4 is 5.32 Å². The monoisotopic (exact) mass is 242 g/mol. The summed E-state index contributed by atoms with van der Waals surface area (Å²) < 4.78 is 0. The van der Waals surface area contributed by atoms with Crippen LogP contribution in [0, 0.1) is 5.92 Å². The van der Waals surface area contributed by atoms with Crippen LogP contribution in [-0.2, 0) is 4.79 Å². The number of likely N-dealkylation sites (tertiary alicyclic amines) is 1. The fraction of sp³-hybridized carbons (Fsp3) is 0.833. The lowest BCUT2D eigenvalue weighted by atomic mass is 9.89. The smallest absolute Gasteiger partial charge is 0.329 e. The van der Waals surface area contributed by atoms with E-state index in [1.54, 1.807) is 6.92 Å². The third-order valence-electron chi connectivity index (χ3n) is 3.26. The van der Waals surface area contributed by atoms with Crippen LogP contribution in [-0.4, -0.2) is 40.6 Å². The van der Waals surface area contributed by atoms with Gasteiger partial charge in [0.25, 0.3) is 0 Å². The van der Waals surface area contributed by atoms with Crippen molar-refractivity contribution in [3.63, 3.8) is 0 Å². The lowest BCUT2D eigenvalue weighted by Crippen LogP contribution is -2.60. The predicted octanol–water partition coefficient (Wildman–Crippen LogP) is 1.68. The second-order valence-electron chi connectivity index (χ2n) is 5.27. The van der Waals surface area contributed by atoms with E-state index in [1.807, 2.05) is 13.8 Å². The van der Waals surface area contributed by atoms with E-state index < -0.39 is 11.5 Å².